The maximum atomic E-state index is 13.2. The molecule has 1 aliphatic rings. The average Bonchev–Trinajstić information content (AvgIpc) is 2.55. The summed E-state index contributed by atoms with van der Waals surface area (Å²) in [5.74, 6) is -0.159. The van der Waals surface area contributed by atoms with Crippen LogP contribution in [0.15, 0.2) is 54.6 Å². The third kappa shape index (κ3) is 3.88. The summed E-state index contributed by atoms with van der Waals surface area (Å²) in [7, 11) is 0. The first-order valence-corrected chi connectivity index (χ1v) is 8.73. The summed E-state index contributed by atoms with van der Waals surface area (Å²) in [5, 5.41) is 1.05. The van der Waals surface area contributed by atoms with Gasteiger partial charge in [-0.25, -0.2) is 4.39 Å². The predicted octanol–water partition coefficient (Wildman–Crippen LogP) is 5.98. The van der Waals surface area contributed by atoms with E-state index in [1.807, 2.05) is 12.1 Å². The van der Waals surface area contributed by atoms with Crippen LogP contribution in [0.2, 0.25) is 0 Å². The van der Waals surface area contributed by atoms with Gasteiger partial charge in [0.15, 0.2) is 0 Å². The Morgan fingerprint density at radius 2 is 1.43 bits per heavy atom. The molecular formula is C19H21FS. The van der Waals surface area contributed by atoms with Crippen molar-refractivity contribution in [3.8, 4) is 0 Å². The first-order valence-electron chi connectivity index (χ1n) is 7.79. The van der Waals surface area contributed by atoms with Gasteiger partial charge < -0.3 is 0 Å². The Labute approximate surface area is 130 Å². The topological polar surface area (TPSA) is 0 Å². The van der Waals surface area contributed by atoms with E-state index in [1.165, 1.54) is 43.2 Å². The molecule has 2 aromatic rings. The maximum Gasteiger partial charge on any atom is 0.123 e. The zero-order chi connectivity index (χ0) is 14.5. The smallest absolute Gasteiger partial charge is 0.123 e. The lowest BCUT2D eigenvalue weighted by Gasteiger charge is -2.27. The second kappa shape index (κ2) is 7.13. The third-order valence-corrected chi connectivity index (χ3v) is 5.83. The van der Waals surface area contributed by atoms with Crippen molar-refractivity contribution in [2.24, 2.45) is 0 Å². The normalized spacial score (nSPS) is 17.6. The molecule has 2 aromatic carbocycles. The lowest BCUT2D eigenvalue weighted by atomic mass is 10.0. The van der Waals surface area contributed by atoms with Gasteiger partial charge in [-0.1, -0.05) is 61.7 Å². The lowest BCUT2D eigenvalue weighted by molar-refractivity contribution is 0.515. The number of hydrogen-bond donors (Lipinski definition) is 0. The Bertz CT molecular complexity index is 544. The molecule has 0 aromatic heterocycles. The molecule has 1 unspecified atom stereocenters. The van der Waals surface area contributed by atoms with E-state index in [2.05, 4.69) is 42.1 Å². The van der Waals surface area contributed by atoms with Gasteiger partial charge >= 0.3 is 0 Å². The Morgan fingerprint density at radius 3 is 2.10 bits per heavy atom. The molecule has 0 nitrogen and oxygen atoms in total. The Hall–Kier alpha value is -1.28. The monoisotopic (exact) mass is 300 g/mol. The van der Waals surface area contributed by atoms with Gasteiger partial charge in [-0.2, -0.15) is 0 Å². The molecule has 3 rings (SSSR count). The summed E-state index contributed by atoms with van der Waals surface area (Å²) < 4.78 is 13.2. The van der Waals surface area contributed by atoms with Crippen molar-refractivity contribution in [1.82, 2.24) is 0 Å². The fourth-order valence-electron chi connectivity index (χ4n) is 3.01. The van der Waals surface area contributed by atoms with Crippen LogP contribution in [-0.4, -0.2) is 5.25 Å². The van der Waals surface area contributed by atoms with E-state index in [-0.39, 0.29) is 5.82 Å². The van der Waals surface area contributed by atoms with Crippen LogP contribution >= 0.6 is 11.8 Å². The maximum absolute atomic E-state index is 13.2. The first kappa shape index (κ1) is 14.6. The van der Waals surface area contributed by atoms with E-state index in [0.717, 1.165) is 5.25 Å². The minimum Gasteiger partial charge on any atom is -0.207 e. The number of halogens is 1. The molecule has 0 radical (unpaired) electrons. The van der Waals surface area contributed by atoms with E-state index >= 15 is 0 Å². The molecule has 0 spiro atoms. The van der Waals surface area contributed by atoms with Gasteiger partial charge in [0, 0.05) is 5.25 Å². The van der Waals surface area contributed by atoms with Gasteiger partial charge in [-0.05, 0) is 36.1 Å². The van der Waals surface area contributed by atoms with E-state index in [4.69, 9.17) is 0 Å². The van der Waals surface area contributed by atoms with Crippen LogP contribution in [0.5, 0.6) is 0 Å². The van der Waals surface area contributed by atoms with Crippen molar-refractivity contribution in [2.45, 2.75) is 42.6 Å². The molecule has 2 heteroatoms. The molecule has 21 heavy (non-hydrogen) atoms. The Morgan fingerprint density at radius 1 is 0.810 bits per heavy atom. The minimum absolute atomic E-state index is 0.159. The predicted molar refractivity (Wildman–Crippen MR) is 89.1 cm³/mol. The fourth-order valence-corrected chi connectivity index (χ4v) is 4.63. The van der Waals surface area contributed by atoms with Crippen LogP contribution in [0, 0.1) is 5.82 Å². The van der Waals surface area contributed by atoms with Crippen molar-refractivity contribution < 1.29 is 4.39 Å². The van der Waals surface area contributed by atoms with Crippen molar-refractivity contribution in [3.05, 3.63) is 71.5 Å². The van der Waals surface area contributed by atoms with Gasteiger partial charge in [-0.15, -0.1) is 11.8 Å². The van der Waals surface area contributed by atoms with Crippen molar-refractivity contribution in [2.75, 3.05) is 0 Å². The zero-order valence-electron chi connectivity index (χ0n) is 12.2. The molecule has 1 fully saturated rings. The number of benzene rings is 2. The second-order valence-electron chi connectivity index (χ2n) is 5.74. The molecule has 1 aliphatic carbocycles. The molecular weight excluding hydrogens is 279 g/mol. The molecule has 110 valence electrons. The van der Waals surface area contributed by atoms with Crippen LogP contribution < -0.4 is 0 Å². The van der Waals surface area contributed by atoms with Crippen molar-refractivity contribution >= 4 is 11.8 Å². The zero-order valence-corrected chi connectivity index (χ0v) is 13.0. The molecule has 0 aliphatic heterocycles. The van der Waals surface area contributed by atoms with Gasteiger partial charge in [0.25, 0.3) is 0 Å². The van der Waals surface area contributed by atoms with Crippen LogP contribution in [0.3, 0.4) is 0 Å². The van der Waals surface area contributed by atoms with Gasteiger partial charge in [0.05, 0.1) is 5.25 Å². The Balaban J connectivity index is 1.85. The van der Waals surface area contributed by atoms with Gasteiger partial charge in [0.1, 0.15) is 5.82 Å². The van der Waals surface area contributed by atoms with Crippen LogP contribution in [0.4, 0.5) is 4.39 Å². The first-order chi connectivity index (χ1) is 10.3. The standard InChI is InChI=1S/C19H21FS/c20-17-13-11-16(12-14-17)19(15-7-3-1-4-8-15)21-18-9-5-2-6-10-18/h1,3-4,7-8,11-14,18-19H,2,5-6,9-10H2. The van der Waals surface area contributed by atoms with Crippen LogP contribution in [0.25, 0.3) is 0 Å². The number of hydrogen-bond acceptors (Lipinski definition) is 1. The minimum atomic E-state index is -0.159. The highest BCUT2D eigenvalue weighted by Gasteiger charge is 2.22. The third-order valence-electron chi connectivity index (χ3n) is 4.16. The highest BCUT2D eigenvalue weighted by Crippen LogP contribution is 2.42. The summed E-state index contributed by atoms with van der Waals surface area (Å²) in [6.45, 7) is 0. The number of rotatable bonds is 4. The van der Waals surface area contributed by atoms with Gasteiger partial charge in [-0.3, -0.25) is 0 Å². The van der Waals surface area contributed by atoms with Crippen LogP contribution in [-0.2, 0) is 0 Å². The largest absolute Gasteiger partial charge is 0.207 e. The molecule has 0 bridgehead atoms. The summed E-state index contributed by atoms with van der Waals surface area (Å²) in [5.41, 5.74) is 2.53. The second-order valence-corrected chi connectivity index (χ2v) is 7.15. The highest BCUT2D eigenvalue weighted by molar-refractivity contribution is 8.00. The van der Waals surface area contributed by atoms with E-state index in [1.54, 1.807) is 12.1 Å². The summed E-state index contributed by atoms with van der Waals surface area (Å²) >= 11 is 2.06. The van der Waals surface area contributed by atoms with Gasteiger partial charge in [0.2, 0.25) is 0 Å². The SMILES string of the molecule is Fc1ccc(C(SC2CCCCC2)c2ccccc2)cc1. The molecule has 0 heterocycles. The van der Waals surface area contributed by atoms with E-state index in [0.29, 0.717) is 5.25 Å². The molecule has 0 saturated heterocycles. The average molecular weight is 300 g/mol. The molecule has 1 atom stereocenters. The quantitative estimate of drug-likeness (QED) is 0.669. The summed E-state index contributed by atoms with van der Waals surface area (Å²) in [6, 6.07) is 17.6. The van der Waals surface area contributed by atoms with Crippen molar-refractivity contribution in [1.29, 1.82) is 0 Å². The van der Waals surface area contributed by atoms with E-state index in [9.17, 15) is 4.39 Å². The van der Waals surface area contributed by atoms with Crippen LogP contribution in [0.1, 0.15) is 48.5 Å². The summed E-state index contributed by atoms with van der Waals surface area (Å²) in [6.07, 6.45) is 6.71. The molecule has 0 N–H and O–H groups in total. The lowest BCUT2D eigenvalue weighted by Crippen LogP contribution is -2.11. The molecule has 1 saturated carbocycles. The molecule has 0 amide bonds. The fraction of sp³-hybridized carbons (Fsp3) is 0.368. The highest BCUT2D eigenvalue weighted by atomic mass is 32.2. The number of thioether (sulfide) groups is 1. The van der Waals surface area contributed by atoms with E-state index < -0.39 is 0 Å². The Kier molecular flexibility index (Phi) is 4.97. The van der Waals surface area contributed by atoms with Crippen molar-refractivity contribution in [3.63, 3.8) is 0 Å². The summed E-state index contributed by atoms with van der Waals surface area (Å²) in [4.78, 5) is 0.